The summed E-state index contributed by atoms with van der Waals surface area (Å²) in [5.41, 5.74) is 2.43. The maximum Gasteiger partial charge on any atom is 0.225 e. The van der Waals surface area contributed by atoms with E-state index in [2.05, 4.69) is 15.5 Å². The number of nitrogens with one attached hydrogen (secondary N) is 2. The van der Waals surface area contributed by atoms with E-state index in [0.717, 1.165) is 61.2 Å². The van der Waals surface area contributed by atoms with Gasteiger partial charge >= 0.3 is 0 Å². The predicted octanol–water partition coefficient (Wildman–Crippen LogP) is 4.73. The summed E-state index contributed by atoms with van der Waals surface area (Å²) in [7, 11) is 0. The number of piperidine rings is 1. The molecule has 0 amide bonds. The van der Waals surface area contributed by atoms with Gasteiger partial charge in [0, 0.05) is 30.8 Å². The van der Waals surface area contributed by atoms with Gasteiger partial charge in [-0.05, 0) is 69.8 Å². The molecule has 3 aromatic heterocycles. The molecule has 0 spiro atoms. The average Bonchev–Trinajstić information content (AvgIpc) is 3.46. The number of nitrogens with zero attached hydrogens (tertiary/aromatic N) is 5. The lowest BCUT2D eigenvalue weighted by molar-refractivity contribution is 0.126. The molecular weight excluding hydrogens is 502 g/mol. The Labute approximate surface area is 225 Å². The fraction of sp³-hybridized carbons (Fsp3) is 0.444. The average molecular weight is 536 g/mol. The van der Waals surface area contributed by atoms with E-state index in [1.165, 1.54) is 47.3 Å². The van der Waals surface area contributed by atoms with E-state index in [4.69, 9.17) is 15.0 Å². The van der Waals surface area contributed by atoms with Crippen molar-refractivity contribution in [2.45, 2.75) is 63.6 Å². The van der Waals surface area contributed by atoms with E-state index in [1.54, 1.807) is 0 Å². The zero-order chi connectivity index (χ0) is 26.1. The van der Waals surface area contributed by atoms with Crippen molar-refractivity contribution in [2.24, 2.45) is 0 Å². The summed E-state index contributed by atoms with van der Waals surface area (Å²) in [6.07, 6.45) is 6.91. The molecule has 1 saturated heterocycles. The van der Waals surface area contributed by atoms with Crippen LogP contribution in [0.2, 0.25) is 0 Å². The first kappa shape index (κ1) is 24.9. The summed E-state index contributed by atoms with van der Waals surface area (Å²) in [4.78, 5) is 16.8. The molecule has 4 aromatic rings. The number of thiazole rings is 1. The number of aromatic hydroxyl groups is 2. The Hall–Kier alpha value is -3.41. The number of likely N-dealkylation sites (tertiary alicyclic amines) is 1. The molecule has 1 saturated carbocycles. The van der Waals surface area contributed by atoms with Gasteiger partial charge in [-0.25, -0.2) is 9.97 Å². The standard InChI is InChI=1S/C27H33N7O3S/c35-20-7-4-17(5-8-20)28-26-29-18(16-33-12-2-1-3-13-33)14-23(31-26)32-27-30-21-9-6-19(15-22(21)38-27)34-24(36)10-11-25(34)37/h6,9-11,14-15,17,20,35-37H,1-5,7-8,12-13,16H2,(H2,28,29,30,31,32). The third kappa shape index (κ3) is 5.54. The maximum atomic E-state index is 10.1. The van der Waals surface area contributed by atoms with Gasteiger partial charge in [0.05, 0.1) is 27.7 Å². The minimum absolute atomic E-state index is 0.0283. The van der Waals surface area contributed by atoms with Crippen LogP contribution in [0.25, 0.3) is 15.9 Å². The Morgan fingerprint density at radius 1 is 0.895 bits per heavy atom. The van der Waals surface area contributed by atoms with Crippen LogP contribution in [0.4, 0.5) is 16.9 Å². The van der Waals surface area contributed by atoms with Gasteiger partial charge in [-0.2, -0.15) is 4.98 Å². The van der Waals surface area contributed by atoms with E-state index in [0.29, 0.717) is 22.6 Å². The number of aliphatic hydroxyl groups excluding tert-OH is 1. The van der Waals surface area contributed by atoms with Crippen molar-refractivity contribution in [2.75, 3.05) is 23.7 Å². The van der Waals surface area contributed by atoms with Crippen LogP contribution in [0.1, 0.15) is 50.6 Å². The normalized spacial score (nSPS) is 20.6. The van der Waals surface area contributed by atoms with Crippen LogP contribution < -0.4 is 10.6 Å². The molecule has 1 aliphatic carbocycles. The van der Waals surface area contributed by atoms with Crippen molar-refractivity contribution >= 4 is 38.5 Å². The number of fused-ring (bicyclic) bond motifs is 1. The lowest BCUT2D eigenvalue weighted by Crippen LogP contribution is -2.30. The van der Waals surface area contributed by atoms with Crippen LogP contribution in [-0.4, -0.2) is 65.0 Å². The molecule has 0 atom stereocenters. The molecule has 2 fully saturated rings. The van der Waals surface area contributed by atoms with Crippen LogP contribution in [0.15, 0.2) is 36.4 Å². The highest BCUT2D eigenvalue weighted by atomic mass is 32.1. The summed E-state index contributed by atoms with van der Waals surface area (Å²) in [5, 5.41) is 37.7. The van der Waals surface area contributed by atoms with E-state index in [9.17, 15) is 15.3 Å². The molecule has 1 aromatic carbocycles. The van der Waals surface area contributed by atoms with Gasteiger partial charge < -0.3 is 26.0 Å². The molecular formula is C27H33N7O3S. The van der Waals surface area contributed by atoms with Crippen molar-refractivity contribution in [1.82, 2.24) is 24.4 Å². The largest absolute Gasteiger partial charge is 0.494 e. The first-order valence-corrected chi connectivity index (χ1v) is 14.1. The predicted molar refractivity (Wildman–Crippen MR) is 149 cm³/mol. The van der Waals surface area contributed by atoms with Crippen LogP contribution in [0.3, 0.4) is 0 Å². The summed E-state index contributed by atoms with van der Waals surface area (Å²) in [6.45, 7) is 2.95. The van der Waals surface area contributed by atoms with Gasteiger partial charge in [-0.1, -0.05) is 17.8 Å². The van der Waals surface area contributed by atoms with E-state index in [-0.39, 0.29) is 23.9 Å². The van der Waals surface area contributed by atoms with E-state index < -0.39 is 0 Å². The number of hydrogen-bond donors (Lipinski definition) is 5. The lowest BCUT2D eigenvalue weighted by Gasteiger charge is -2.27. The zero-order valence-corrected chi connectivity index (χ0v) is 22.0. The lowest BCUT2D eigenvalue weighted by atomic mass is 9.93. The van der Waals surface area contributed by atoms with Crippen molar-refractivity contribution < 1.29 is 15.3 Å². The molecule has 6 rings (SSSR count). The highest BCUT2D eigenvalue weighted by Crippen LogP contribution is 2.33. The highest BCUT2D eigenvalue weighted by Gasteiger charge is 2.21. The van der Waals surface area contributed by atoms with Crippen molar-refractivity contribution in [3.05, 3.63) is 42.1 Å². The minimum atomic E-state index is -0.207. The molecule has 0 bridgehead atoms. The third-order valence-electron chi connectivity index (χ3n) is 7.35. The van der Waals surface area contributed by atoms with Crippen LogP contribution in [-0.2, 0) is 6.54 Å². The van der Waals surface area contributed by atoms with Crippen LogP contribution in [0, 0.1) is 0 Å². The van der Waals surface area contributed by atoms with Gasteiger partial charge in [0.1, 0.15) is 5.82 Å². The number of hydrogen-bond acceptors (Lipinski definition) is 10. The summed E-state index contributed by atoms with van der Waals surface area (Å²) >= 11 is 1.48. The van der Waals surface area contributed by atoms with Crippen LogP contribution in [0.5, 0.6) is 11.8 Å². The smallest absolute Gasteiger partial charge is 0.225 e. The number of rotatable bonds is 7. The van der Waals surface area contributed by atoms with Gasteiger partial charge in [-0.3, -0.25) is 9.47 Å². The Kier molecular flexibility index (Phi) is 7.05. The summed E-state index contributed by atoms with van der Waals surface area (Å²) < 4.78 is 2.30. The second kappa shape index (κ2) is 10.8. The molecule has 11 heteroatoms. The molecule has 10 nitrogen and oxygen atoms in total. The third-order valence-corrected chi connectivity index (χ3v) is 8.28. The molecule has 0 unspecified atom stereocenters. The highest BCUT2D eigenvalue weighted by molar-refractivity contribution is 7.22. The Morgan fingerprint density at radius 2 is 1.66 bits per heavy atom. The summed E-state index contributed by atoms with van der Waals surface area (Å²) in [6, 6.07) is 10.7. The molecule has 4 heterocycles. The summed E-state index contributed by atoms with van der Waals surface area (Å²) in [5.74, 6) is 1.23. The van der Waals surface area contributed by atoms with Crippen molar-refractivity contribution in [1.29, 1.82) is 0 Å². The second-order valence-corrected chi connectivity index (χ2v) is 11.3. The molecule has 2 aliphatic rings. The van der Waals surface area contributed by atoms with Gasteiger partial charge in [-0.15, -0.1) is 0 Å². The quantitative estimate of drug-likeness (QED) is 0.228. The first-order valence-electron chi connectivity index (χ1n) is 13.3. The van der Waals surface area contributed by atoms with Crippen LogP contribution >= 0.6 is 11.3 Å². The second-order valence-electron chi connectivity index (χ2n) is 10.2. The van der Waals surface area contributed by atoms with Crippen molar-refractivity contribution in [3.63, 3.8) is 0 Å². The molecule has 0 radical (unpaired) electrons. The van der Waals surface area contributed by atoms with E-state index in [1.807, 2.05) is 24.3 Å². The topological polar surface area (TPSA) is 132 Å². The van der Waals surface area contributed by atoms with Gasteiger partial charge in [0.2, 0.25) is 5.95 Å². The van der Waals surface area contributed by atoms with Gasteiger partial charge in [0.15, 0.2) is 16.9 Å². The Morgan fingerprint density at radius 3 is 2.42 bits per heavy atom. The SMILES string of the molecule is Oc1ccc(O)n1-c1ccc2nc(Nc3cc(CN4CCCCC4)nc(NC4CCC(O)CC4)n3)sc2c1. The number of benzene rings is 1. The Bertz CT molecular complexity index is 1390. The number of anilines is 3. The molecule has 5 N–H and O–H groups in total. The zero-order valence-electron chi connectivity index (χ0n) is 21.2. The number of aliphatic hydroxyl groups is 1. The monoisotopic (exact) mass is 535 g/mol. The molecule has 38 heavy (non-hydrogen) atoms. The maximum absolute atomic E-state index is 10.1. The molecule has 1 aliphatic heterocycles. The molecule has 200 valence electrons. The fourth-order valence-electron chi connectivity index (χ4n) is 5.35. The van der Waals surface area contributed by atoms with Gasteiger partial charge in [0.25, 0.3) is 0 Å². The van der Waals surface area contributed by atoms with E-state index >= 15 is 0 Å². The fourth-order valence-corrected chi connectivity index (χ4v) is 6.26. The first-order chi connectivity index (χ1) is 18.5. The Balaban J connectivity index is 1.25. The minimum Gasteiger partial charge on any atom is -0.494 e. The number of aromatic nitrogens is 4. The van der Waals surface area contributed by atoms with Crippen molar-refractivity contribution in [3.8, 4) is 17.4 Å².